The number of esters is 1. The minimum Gasteiger partial charge on any atom is -0.466 e. The van der Waals surface area contributed by atoms with Crippen LogP contribution in [0.5, 0.6) is 0 Å². The molecule has 0 saturated carbocycles. The summed E-state index contributed by atoms with van der Waals surface area (Å²) in [6, 6.07) is 0. The smallest absolute Gasteiger partial charge is 0.333 e. The number of carbonyl (C=O) groups is 1. The molecule has 82 valence electrons. The Bertz CT molecular complexity index is 217. The number of ether oxygens (including phenoxy) is 1. The molecule has 0 radical (unpaired) electrons. The zero-order valence-electron chi connectivity index (χ0n) is 8.59. The monoisotopic (exact) mass is 207 g/mol. The molecule has 0 aromatic heterocycles. The molecule has 0 amide bonds. The molecule has 0 aliphatic carbocycles. The van der Waals surface area contributed by atoms with Crippen LogP contribution in [0.2, 0.25) is 0 Å². The first-order valence-corrected chi connectivity index (χ1v) is 4.19. The summed E-state index contributed by atoms with van der Waals surface area (Å²) in [5.74, 6) is -0.435. The molecule has 3 nitrogen and oxygen atoms in total. The lowest BCUT2D eigenvalue weighted by atomic mass is 10.3. The number of hydrogen-bond donors (Lipinski definition) is 0. The first-order valence-electron chi connectivity index (χ1n) is 4.19. The Morgan fingerprint density at radius 1 is 1.57 bits per heavy atom. The summed E-state index contributed by atoms with van der Waals surface area (Å²) in [5.41, 5.74) is 0.425. The number of halogens is 2. The van der Waals surface area contributed by atoms with E-state index in [0.717, 1.165) is 0 Å². The van der Waals surface area contributed by atoms with Crippen LogP contribution in [0.4, 0.5) is 8.78 Å². The van der Waals surface area contributed by atoms with Gasteiger partial charge in [-0.2, -0.15) is 0 Å². The van der Waals surface area contributed by atoms with Crippen molar-refractivity contribution in [2.45, 2.75) is 13.3 Å². The van der Waals surface area contributed by atoms with Gasteiger partial charge in [-0.3, -0.25) is 4.90 Å². The minimum absolute atomic E-state index is 0.301. The number of nitrogens with zero attached hydrogens (tertiary/aromatic N) is 1. The van der Waals surface area contributed by atoms with E-state index < -0.39 is 12.4 Å². The lowest BCUT2D eigenvalue weighted by Gasteiger charge is -2.13. The minimum atomic E-state index is -2.35. The van der Waals surface area contributed by atoms with Crippen molar-refractivity contribution in [1.82, 2.24) is 4.90 Å². The van der Waals surface area contributed by atoms with Gasteiger partial charge in [0.05, 0.1) is 13.7 Å². The summed E-state index contributed by atoms with van der Waals surface area (Å²) in [6.45, 7) is 1.60. The lowest BCUT2D eigenvalue weighted by molar-refractivity contribution is -0.136. The largest absolute Gasteiger partial charge is 0.466 e. The van der Waals surface area contributed by atoms with E-state index in [0.29, 0.717) is 12.1 Å². The van der Waals surface area contributed by atoms with Crippen LogP contribution in [0.3, 0.4) is 0 Å². The topological polar surface area (TPSA) is 29.5 Å². The average molecular weight is 207 g/mol. The molecule has 0 aromatic rings. The fraction of sp³-hybridized carbons (Fsp3) is 0.667. The second-order valence-electron chi connectivity index (χ2n) is 2.99. The van der Waals surface area contributed by atoms with Gasteiger partial charge in [-0.15, -0.1) is 0 Å². The van der Waals surface area contributed by atoms with Gasteiger partial charge in [-0.1, -0.05) is 6.08 Å². The predicted octanol–water partition coefficient (Wildman–Crippen LogP) is 1.30. The van der Waals surface area contributed by atoms with Crippen molar-refractivity contribution in [3.63, 3.8) is 0 Å². The molecular weight excluding hydrogens is 192 g/mol. The zero-order chi connectivity index (χ0) is 11.1. The van der Waals surface area contributed by atoms with Crippen molar-refractivity contribution < 1.29 is 18.3 Å². The van der Waals surface area contributed by atoms with E-state index in [-0.39, 0.29) is 6.54 Å². The molecular formula is C9H15F2NO2. The van der Waals surface area contributed by atoms with Gasteiger partial charge in [0.1, 0.15) is 0 Å². The molecule has 0 atom stereocenters. The van der Waals surface area contributed by atoms with E-state index >= 15 is 0 Å². The Balaban J connectivity index is 3.95. The maximum atomic E-state index is 11.9. The van der Waals surface area contributed by atoms with Crippen LogP contribution < -0.4 is 0 Å². The summed E-state index contributed by atoms with van der Waals surface area (Å²) < 4.78 is 28.2. The van der Waals surface area contributed by atoms with E-state index in [1.54, 1.807) is 20.0 Å². The third-order valence-electron chi connectivity index (χ3n) is 1.67. The lowest BCUT2D eigenvalue weighted by Crippen LogP contribution is -2.25. The van der Waals surface area contributed by atoms with Crippen molar-refractivity contribution >= 4 is 5.97 Å². The van der Waals surface area contributed by atoms with Crippen molar-refractivity contribution in [3.05, 3.63) is 11.6 Å². The third-order valence-corrected chi connectivity index (χ3v) is 1.67. The highest BCUT2D eigenvalue weighted by Gasteiger charge is 2.07. The second-order valence-corrected chi connectivity index (χ2v) is 2.99. The summed E-state index contributed by atoms with van der Waals surface area (Å²) in [6.07, 6.45) is -0.791. The Labute approximate surface area is 82.3 Å². The van der Waals surface area contributed by atoms with Crippen LogP contribution in [0, 0.1) is 0 Å². The fourth-order valence-electron chi connectivity index (χ4n) is 0.847. The van der Waals surface area contributed by atoms with Gasteiger partial charge >= 0.3 is 5.97 Å². The van der Waals surface area contributed by atoms with E-state index in [1.807, 2.05) is 0 Å². The molecule has 0 heterocycles. The van der Waals surface area contributed by atoms with E-state index in [2.05, 4.69) is 4.74 Å². The average Bonchev–Trinajstić information content (AvgIpc) is 2.11. The molecule has 0 spiro atoms. The molecule has 0 rings (SSSR count). The molecule has 0 N–H and O–H groups in total. The van der Waals surface area contributed by atoms with E-state index in [4.69, 9.17) is 0 Å². The van der Waals surface area contributed by atoms with Crippen LogP contribution in [0.25, 0.3) is 0 Å². The number of methoxy groups -OCH3 is 1. The molecule has 0 unspecified atom stereocenters. The molecule has 5 heteroatoms. The molecule has 14 heavy (non-hydrogen) atoms. The summed E-state index contributed by atoms with van der Waals surface area (Å²) in [5, 5.41) is 0. The van der Waals surface area contributed by atoms with Crippen molar-refractivity contribution in [2.75, 3.05) is 27.2 Å². The van der Waals surface area contributed by atoms with Crippen LogP contribution >= 0.6 is 0 Å². The number of alkyl halides is 2. The van der Waals surface area contributed by atoms with Gasteiger partial charge < -0.3 is 4.74 Å². The van der Waals surface area contributed by atoms with Gasteiger partial charge in [-0.25, -0.2) is 13.6 Å². The number of carbonyl (C=O) groups excluding carboxylic acids is 1. The summed E-state index contributed by atoms with van der Waals surface area (Å²) in [4.78, 5) is 12.3. The molecule has 0 bridgehead atoms. The van der Waals surface area contributed by atoms with Crippen LogP contribution in [0.1, 0.15) is 6.92 Å². The maximum Gasteiger partial charge on any atom is 0.333 e. The van der Waals surface area contributed by atoms with E-state index in [1.165, 1.54) is 12.0 Å². The number of hydrogen-bond acceptors (Lipinski definition) is 3. The van der Waals surface area contributed by atoms with Crippen molar-refractivity contribution in [1.29, 1.82) is 0 Å². The second kappa shape index (κ2) is 6.48. The summed E-state index contributed by atoms with van der Waals surface area (Å²) in [7, 11) is 2.84. The highest BCUT2D eigenvalue weighted by atomic mass is 19.3. The quantitative estimate of drug-likeness (QED) is 0.502. The summed E-state index contributed by atoms with van der Waals surface area (Å²) >= 11 is 0. The van der Waals surface area contributed by atoms with Crippen LogP contribution in [0.15, 0.2) is 11.6 Å². The van der Waals surface area contributed by atoms with Gasteiger partial charge in [0.2, 0.25) is 0 Å². The Morgan fingerprint density at radius 2 is 2.14 bits per heavy atom. The van der Waals surface area contributed by atoms with Crippen LogP contribution in [-0.2, 0) is 9.53 Å². The Morgan fingerprint density at radius 3 is 2.57 bits per heavy atom. The van der Waals surface area contributed by atoms with Gasteiger partial charge in [0.15, 0.2) is 0 Å². The fourth-order valence-corrected chi connectivity index (χ4v) is 0.847. The SMILES string of the molecule is COC(=O)C(C)=CCN(C)CC(F)F. The normalized spacial score (nSPS) is 12.4. The van der Waals surface area contributed by atoms with Gasteiger partial charge in [0.25, 0.3) is 6.43 Å². The van der Waals surface area contributed by atoms with Gasteiger partial charge in [-0.05, 0) is 14.0 Å². The molecule has 0 aromatic carbocycles. The molecule has 0 aliphatic rings. The first-order chi connectivity index (χ1) is 6.47. The van der Waals surface area contributed by atoms with Crippen molar-refractivity contribution in [2.24, 2.45) is 0 Å². The molecule has 0 aliphatic heterocycles. The van der Waals surface area contributed by atoms with Crippen molar-refractivity contribution in [3.8, 4) is 0 Å². The standard InChI is InChI=1S/C9H15F2NO2/c1-7(9(13)14-3)4-5-12(2)6-8(10)11/h4,8H,5-6H2,1-3H3. The maximum absolute atomic E-state index is 11.9. The highest BCUT2D eigenvalue weighted by molar-refractivity contribution is 5.87. The molecule has 0 fully saturated rings. The Hall–Kier alpha value is -0.970. The van der Waals surface area contributed by atoms with Crippen LogP contribution in [-0.4, -0.2) is 44.5 Å². The number of rotatable bonds is 5. The Kier molecular flexibility index (Phi) is 6.03. The van der Waals surface area contributed by atoms with Gasteiger partial charge in [0, 0.05) is 12.1 Å². The first kappa shape index (κ1) is 13.0. The zero-order valence-corrected chi connectivity index (χ0v) is 8.59. The predicted molar refractivity (Wildman–Crippen MR) is 49.3 cm³/mol. The van der Waals surface area contributed by atoms with E-state index in [9.17, 15) is 13.6 Å². The third kappa shape index (κ3) is 5.64. The highest BCUT2D eigenvalue weighted by Crippen LogP contribution is 1.99. The number of likely N-dealkylation sites (N-methyl/N-ethyl adjacent to an activating group) is 1. The molecule has 0 saturated heterocycles.